The molecule has 0 aliphatic carbocycles. The topological polar surface area (TPSA) is 73.6 Å². The average Bonchev–Trinajstić information content (AvgIpc) is 3.11. The van der Waals surface area contributed by atoms with E-state index in [0.717, 1.165) is 22.6 Å². The number of ether oxygens (including phenoxy) is 2. The Morgan fingerprint density at radius 3 is 2.81 bits per heavy atom. The van der Waals surface area contributed by atoms with Gasteiger partial charge in [-0.2, -0.15) is 0 Å². The first-order chi connectivity index (χ1) is 12.6. The normalized spacial score (nSPS) is 16.4. The van der Waals surface area contributed by atoms with Crippen molar-refractivity contribution in [3.63, 3.8) is 0 Å². The number of amides is 1. The molecule has 0 saturated carbocycles. The first-order valence-corrected chi connectivity index (χ1v) is 9.01. The predicted octanol–water partition coefficient (Wildman–Crippen LogP) is 2.75. The van der Waals surface area contributed by atoms with Gasteiger partial charge in [-0.05, 0) is 25.3 Å². The van der Waals surface area contributed by atoms with E-state index in [2.05, 4.69) is 10.5 Å². The molecule has 1 saturated heterocycles. The van der Waals surface area contributed by atoms with Crippen molar-refractivity contribution in [1.29, 1.82) is 0 Å². The van der Waals surface area contributed by atoms with E-state index in [9.17, 15) is 4.79 Å². The summed E-state index contributed by atoms with van der Waals surface area (Å²) < 4.78 is 16.1. The van der Waals surface area contributed by atoms with Gasteiger partial charge in [-0.3, -0.25) is 4.79 Å². The molecular weight excluding hydrogens is 332 g/mol. The molecule has 6 heteroatoms. The highest BCUT2D eigenvalue weighted by Crippen LogP contribution is 2.36. The molecule has 6 nitrogen and oxygen atoms in total. The lowest BCUT2D eigenvalue weighted by molar-refractivity contribution is -0.137. The third-order valence-corrected chi connectivity index (χ3v) is 5.02. The fraction of sp³-hybridized carbons (Fsp3) is 0.500. The Bertz CT molecular complexity index is 735. The lowest BCUT2D eigenvalue weighted by atomic mass is 9.75. The first kappa shape index (κ1) is 18.6. The Kier molecular flexibility index (Phi) is 6.06. The van der Waals surface area contributed by atoms with Crippen molar-refractivity contribution >= 4 is 5.91 Å². The summed E-state index contributed by atoms with van der Waals surface area (Å²) in [5.41, 5.74) is 2.48. The second-order valence-corrected chi connectivity index (χ2v) is 6.81. The fourth-order valence-electron chi connectivity index (χ4n) is 3.42. The number of methoxy groups -OCH3 is 1. The summed E-state index contributed by atoms with van der Waals surface area (Å²) in [6, 6.07) is 10.0. The van der Waals surface area contributed by atoms with Gasteiger partial charge in [0.2, 0.25) is 5.91 Å². The van der Waals surface area contributed by atoms with E-state index in [0.29, 0.717) is 45.6 Å². The molecule has 0 radical (unpaired) electrons. The summed E-state index contributed by atoms with van der Waals surface area (Å²) in [6.45, 7) is 4.21. The van der Waals surface area contributed by atoms with Crippen molar-refractivity contribution in [2.24, 2.45) is 5.41 Å². The van der Waals surface area contributed by atoms with E-state index in [1.54, 1.807) is 7.11 Å². The number of rotatable bonds is 7. The summed E-state index contributed by atoms with van der Waals surface area (Å²) in [5.74, 6) is 0.763. The van der Waals surface area contributed by atoms with Gasteiger partial charge in [0.25, 0.3) is 0 Å². The third kappa shape index (κ3) is 4.14. The maximum absolute atomic E-state index is 12.8. The largest absolute Gasteiger partial charge is 0.383 e. The van der Waals surface area contributed by atoms with Crippen LogP contribution < -0.4 is 5.32 Å². The lowest BCUT2D eigenvalue weighted by Gasteiger charge is -2.35. The minimum absolute atomic E-state index is 0.0340. The molecule has 0 atom stereocenters. The molecule has 3 rings (SSSR count). The second-order valence-electron chi connectivity index (χ2n) is 6.81. The van der Waals surface area contributed by atoms with Crippen LogP contribution in [-0.4, -0.2) is 44.5 Å². The average molecular weight is 358 g/mol. The summed E-state index contributed by atoms with van der Waals surface area (Å²) >= 11 is 0. The Hall–Kier alpha value is -2.18. The molecule has 26 heavy (non-hydrogen) atoms. The smallest absolute Gasteiger partial charge is 0.226 e. The summed E-state index contributed by atoms with van der Waals surface area (Å²) in [6.07, 6.45) is 1.87. The number of hydrogen-bond acceptors (Lipinski definition) is 5. The zero-order chi connectivity index (χ0) is 18.4. The number of hydrogen-bond donors (Lipinski definition) is 1. The van der Waals surface area contributed by atoms with E-state index < -0.39 is 5.41 Å². The van der Waals surface area contributed by atoms with Crippen LogP contribution >= 0.6 is 0 Å². The molecular formula is C20H26N2O4. The number of aromatic nitrogens is 1. The van der Waals surface area contributed by atoms with Gasteiger partial charge in [-0.15, -0.1) is 0 Å². The van der Waals surface area contributed by atoms with E-state index >= 15 is 0 Å². The molecule has 2 heterocycles. The standard InChI is InChI=1S/C20H26N2O4/c1-15-5-3-4-6-17(15)18-13-16(26-22-18)14-20(7-10-25-11-8-20)19(23)21-9-12-24-2/h3-6,13H,7-12,14H2,1-2H3,(H,21,23). The molecule has 0 unspecified atom stereocenters. The second kappa shape index (κ2) is 8.47. The van der Waals surface area contributed by atoms with Crippen LogP contribution in [0.25, 0.3) is 11.3 Å². The fourth-order valence-corrected chi connectivity index (χ4v) is 3.42. The predicted molar refractivity (Wildman–Crippen MR) is 97.8 cm³/mol. The molecule has 2 aromatic rings. The molecule has 1 aliphatic heterocycles. The van der Waals surface area contributed by atoms with Crippen LogP contribution in [0.3, 0.4) is 0 Å². The maximum atomic E-state index is 12.8. The van der Waals surface area contributed by atoms with Crippen LogP contribution in [-0.2, 0) is 20.7 Å². The molecule has 1 amide bonds. The minimum atomic E-state index is -0.519. The highest BCUT2D eigenvalue weighted by Gasteiger charge is 2.41. The van der Waals surface area contributed by atoms with Crippen LogP contribution in [0.15, 0.2) is 34.9 Å². The number of carbonyl (C=O) groups is 1. The van der Waals surface area contributed by atoms with Crippen LogP contribution in [0.5, 0.6) is 0 Å². The van der Waals surface area contributed by atoms with Gasteiger partial charge in [0.1, 0.15) is 11.5 Å². The lowest BCUT2D eigenvalue weighted by Crippen LogP contribution is -2.46. The molecule has 140 valence electrons. The summed E-state index contributed by atoms with van der Waals surface area (Å²) in [5, 5.41) is 7.20. The van der Waals surface area contributed by atoms with E-state index in [1.165, 1.54) is 0 Å². The summed E-state index contributed by atoms with van der Waals surface area (Å²) in [7, 11) is 1.62. The van der Waals surface area contributed by atoms with Crippen LogP contribution in [0.2, 0.25) is 0 Å². The number of benzene rings is 1. The third-order valence-electron chi connectivity index (χ3n) is 5.02. The van der Waals surface area contributed by atoms with Crippen LogP contribution in [0.4, 0.5) is 0 Å². The van der Waals surface area contributed by atoms with Crippen molar-refractivity contribution in [2.45, 2.75) is 26.2 Å². The van der Waals surface area contributed by atoms with Crippen LogP contribution in [0.1, 0.15) is 24.2 Å². The van der Waals surface area contributed by atoms with Gasteiger partial charge < -0.3 is 19.3 Å². The van der Waals surface area contributed by atoms with E-state index in [1.807, 2.05) is 37.3 Å². The highest BCUT2D eigenvalue weighted by atomic mass is 16.5. The molecule has 1 N–H and O–H groups in total. The quantitative estimate of drug-likeness (QED) is 0.771. The van der Waals surface area contributed by atoms with Crippen molar-refractivity contribution in [3.05, 3.63) is 41.7 Å². The van der Waals surface area contributed by atoms with E-state index in [4.69, 9.17) is 14.0 Å². The van der Waals surface area contributed by atoms with Gasteiger partial charge in [-0.25, -0.2) is 0 Å². The Labute approximate surface area is 153 Å². The van der Waals surface area contributed by atoms with Gasteiger partial charge in [0, 0.05) is 44.9 Å². The van der Waals surface area contributed by atoms with Crippen molar-refractivity contribution in [2.75, 3.05) is 33.5 Å². The Morgan fingerprint density at radius 1 is 1.31 bits per heavy atom. The van der Waals surface area contributed by atoms with Gasteiger partial charge in [0.05, 0.1) is 12.0 Å². The zero-order valence-corrected chi connectivity index (χ0v) is 15.4. The number of nitrogens with zero attached hydrogens (tertiary/aromatic N) is 1. The molecule has 1 aliphatic rings. The van der Waals surface area contributed by atoms with E-state index in [-0.39, 0.29) is 5.91 Å². The minimum Gasteiger partial charge on any atom is -0.383 e. The molecule has 1 aromatic heterocycles. The first-order valence-electron chi connectivity index (χ1n) is 9.01. The zero-order valence-electron chi connectivity index (χ0n) is 15.4. The number of aryl methyl sites for hydroxylation is 1. The summed E-state index contributed by atoms with van der Waals surface area (Å²) in [4.78, 5) is 12.8. The van der Waals surface area contributed by atoms with Gasteiger partial charge >= 0.3 is 0 Å². The van der Waals surface area contributed by atoms with Crippen LogP contribution in [0, 0.1) is 12.3 Å². The Balaban J connectivity index is 1.77. The molecule has 0 spiro atoms. The molecule has 1 fully saturated rings. The van der Waals surface area contributed by atoms with Gasteiger partial charge in [-0.1, -0.05) is 29.4 Å². The number of nitrogens with one attached hydrogen (secondary N) is 1. The molecule has 0 bridgehead atoms. The van der Waals surface area contributed by atoms with Gasteiger partial charge in [0.15, 0.2) is 0 Å². The number of carbonyl (C=O) groups excluding carboxylic acids is 1. The molecule has 1 aromatic carbocycles. The highest BCUT2D eigenvalue weighted by molar-refractivity contribution is 5.83. The maximum Gasteiger partial charge on any atom is 0.226 e. The van der Waals surface area contributed by atoms with Crippen molar-refractivity contribution in [3.8, 4) is 11.3 Å². The Morgan fingerprint density at radius 2 is 2.08 bits per heavy atom. The van der Waals surface area contributed by atoms with Crippen molar-refractivity contribution in [1.82, 2.24) is 10.5 Å². The SMILES string of the molecule is COCCNC(=O)C1(Cc2cc(-c3ccccc3C)no2)CCOCC1. The van der Waals surface area contributed by atoms with Crippen molar-refractivity contribution < 1.29 is 18.8 Å². The monoisotopic (exact) mass is 358 g/mol.